The van der Waals surface area contributed by atoms with E-state index in [2.05, 4.69) is 47.5 Å². The lowest BCUT2D eigenvalue weighted by Gasteiger charge is -2.32. The van der Waals surface area contributed by atoms with Gasteiger partial charge in [-0.15, -0.1) is 17.5 Å². The van der Waals surface area contributed by atoms with Crippen LogP contribution in [0.25, 0.3) is 0 Å². The van der Waals surface area contributed by atoms with E-state index in [9.17, 15) is 0 Å². The van der Waals surface area contributed by atoms with Gasteiger partial charge in [0, 0.05) is 13.1 Å². The Morgan fingerprint density at radius 3 is 2.75 bits per heavy atom. The lowest BCUT2D eigenvalue weighted by molar-refractivity contribution is 0.165. The molecule has 1 aromatic rings. The molecule has 0 aromatic carbocycles. The van der Waals surface area contributed by atoms with Gasteiger partial charge in [-0.2, -0.15) is 0 Å². The molecule has 1 saturated heterocycles. The fourth-order valence-electron chi connectivity index (χ4n) is 2.68. The van der Waals surface area contributed by atoms with Gasteiger partial charge in [-0.3, -0.25) is 4.90 Å². The van der Waals surface area contributed by atoms with E-state index < -0.39 is 0 Å². The molecular weight excluding hydrogens is 274 g/mol. The molecule has 0 saturated carbocycles. The summed E-state index contributed by atoms with van der Waals surface area (Å²) in [5.41, 5.74) is 1.10. The van der Waals surface area contributed by atoms with Gasteiger partial charge in [0.15, 0.2) is 0 Å². The minimum atomic E-state index is 0. The van der Waals surface area contributed by atoms with Crippen molar-refractivity contribution in [3.8, 4) is 0 Å². The van der Waals surface area contributed by atoms with Gasteiger partial charge in [0.1, 0.15) is 0 Å². The third-order valence-corrected chi connectivity index (χ3v) is 3.71. The number of nitrogens with one attached hydrogen (secondary N) is 1. The van der Waals surface area contributed by atoms with Crippen molar-refractivity contribution in [3.63, 3.8) is 0 Å². The number of aromatic nitrogens is 3. The number of hydrogen-bond acceptors (Lipinski definition) is 4. The number of piperidine rings is 1. The normalized spacial score (nSPS) is 20.7. The van der Waals surface area contributed by atoms with Crippen LogP contribution in [0.3, 0.4) is 0 Å². The SMILES string of the molecule is CNCC1CCCN(Cc2cn(C(C)(C)C)nn2)C1.Cl. The first-order chi connectivity index (χ1) is 8.99. The molecule has 5 nitrogen and oxygen atoms in total. The lowest BCUT2D eigenvalue weighted by Crippen LogP contribution is -2.38. The second-order valence-electron chi connectivity index (χ2n) is 6.63. The van der Waals surface area contributed by atoms with Gasteiger partial charge in [0.2, 0.25) is 0 Å². The fraction of sp³-hybridized carbons (Fsp3) is 0.857. The van der Waals surface area contributed by atoms with Gasteiger partial charge < -0.3 is 5.32 Å². The van der Waals surface area contributed by atoms with Crippen LogP contribution in [0.15, 0.2) is 6.20 Å². The molecule has 1 aromatic heterocycles. The van der Waals surface area contributed by atoms with Crippen LogP contribution in [-0.2, 0) is 12.1 Å². The van der Waals surface area contributed by atoms with E-state index in [0.29, 0.717) is 0 Å². The maximum Gasteiger partial charge on any atom is 0.0967 e. The molecule has 1 fully saturated rings. The molecule has 1 aliphatic rings. The van der Waals surface area contributed by atoms with Crippen molar-refractivity contribution < 1.29 is 0 Å². The largest absolute Gasteiger partial charge is 0.319 e. The van der Waals surface area contributed by atoms with E-state index in [0.717, 1.165) is 24.7 Å². The van der Waals surface area contributed by atoms with Crippen LogP contribution in [0.1, 0.15) is 39.3 Å². The number of likely N-dealkylation sites (tertiary alicyclic amines) is 1. The highest BCUT2D eigenvalue weighted by Crippen LogP contribution is 2.18. The van der Waals surface area contributed by atoms with Crippen molar-refractivity contribution in [1.29, 1.82) is 0 Å². The molecule has 0 spiro atoms. The van der Waals surface area contributed by atoms with Crippen molar-refractivity contribution in [1.82, 2.24) is 25.2 Å². The van der Waals surface area contributed by atoms with Gasteiger partial charge in [-0.25, -0.2) is 4.68 Å². The lowest BCUT2D eigenvalue weighted by atomic mass is 9.98. The maximum absolute atomic E-state index is 4.30. The fourth-order valence-corrected chi connectivity index (χ4v) is 2.68. The van der Waals surface area contributed by atoms with Crippen molar-refractivity contribution >= 4 is 12.4 Å². The van der Waals surface area contributed by atoms with E-state index in [1.165, 1.54) is 25.9 Å². The zero-order chi connectivity index (χ0) is 13.9. The van der Waals surface area contributed by atoms with Crippen molar-refractivity contribution in [2.24, 2.45) is 5.92 Å². The molecule has 2 rings (SSSR count). The first kappa shape index (κ1) is 17.4. The molecule has 0 bridgehead atoms. The second-order valence-corrected chi connectivity index (χ2v) is 6.63. The van der Waals surface area contributed by atoms with Gasteiger partial charge in [0.25, 0.3) is 0 Å². The second kappa shape index (κ2) is 7.38. The summed E-state index contributed by atoms with van der Waals surface area (Å²) in [7, 11) is 2.04. The topological polar surface area (TPSA) is 46.0 Å². The number of hydrogen-bond donors (Lipinski definition) is 1. The average Bonchev–Trinajstić information content (AvgIpc) is 2.78. The zero-order valence-electron chi connectivity index (χ0n) is 13.1. The third-order valence-electron chi connectivity index (χ3n) is 3.71. The van der Waals surface area contributed by atoms with Crippen molar-refractivity contribution in [3.05, 3.63) is 11.9 Å². The van der Waals surface area contributed by atoms with Crippen molar-refractivity contribution in [2.75, 3.05) is 26.7 Å². The zero-order valence-corrected chi connectivity index (χ0v) is 13.9. The van der Waals surface area contributed by atoms with Gasteiger partial charge in [-0.1, -0.05) is 5.21 Å². The number of rotatable bonds is 4. The highest BCUT2D eigenvalue weighted by molar-refractivity contribution is 5.85. The molecule has 1 unspecified atom stereocenters. The molecule has 0 aliphatic carbocycles. The molecule has 0 radical (unpaired) electrons. The van der Waals surface area contributed by atoms with Gasteiger partial charge >= 0.3 is 0 Å². The quantitative estimate of drug-likeness (QED) is 0.922. The third kappa shape index (κ3) is 4.72. The first-order valence-corrected chi connectivity index (χ1v) is 7.27. The minimum absolute atomic E-state index is 0. The first-order valence-electron chi connectivity index (χ1n) is 7.27. The number of halogens is 1. The Bertz CT molecular complexity index is 397. The summed E-state index contributed by atoms with van der Waals surface area (Å²) in [6.45, 7) is 10.8. The van der Waals surface area contributed by atoms with E-state index in [1.807, 2.05) is 11.7 Å². The molecule has 2 heterocycles. The molecular formula is C14H28ClN5. The van der Waals surface area contributed by atoms with Crippen LogP contribution in [0.2, 0.25) is 0 Å². The molecule has 1 atom stereocenters. The average molecular weight is 302 g/mol. The van der Waals surface area contributed by atoms with Crippen LogP contribution >= 0.6 is 12.4 Å². The minimum Gasteiger partial charge on any atom is -0.319 e. The molecule has 1 aliphatic heterocycles. The predicted molar refractivity (Wildman–Crippen MR) is 84.2 cm³/mol. The van der Waals surface area contributed by atoms with Gasteiger partial charge in [0.05, 0.1) is 17.4 Å². The van der Waals surface area contributed by atoms with Crippen LogP contribution < -0.4 is 5.32 Å². The van der Waals surface area contributed by atoms with E-state index in [4.69, 9.17) is 0 Å². The summed E-state index contributed by atoms with van der Waals surface area (Å²) in [5.74, 6) is 0.774. The summed E-state index contributed by atoms with van der Waals surface area (Å²) in [5, 5.41) is 11.8. The highest BCUT2D eigenvalue weighted by atomic mass is 35.5. The summed E-state index contributed by atoms with van der Waals surface area (Å²) in [6, 6.07) is 0. The molecule has 0 amide bonds. The molecule has 6 heteroatoms. The standard InChI is InChI=1S/C14H27N5.ClH/c1-14(2,3)19-11-13(16-17-19)10-18-7-5-6-12(9-18)8-15-4;/h11-12,15H,5-10H2,1-4H3;1H. The maximum atomic E-state index is 4.30. The van der Waals surface area contributed by atoms with Crippen LogP contribution in [0, 0.1) is 5.92 Å². The van der Waals surface area contributed by atoms with E-state index >= 15 is 0 Å². The smallest absolute Gasteiger partial charge is 0.0967 e. The Hall–Kier alpha value is -0.650. The molecule has 20 heavy (non-hydrogen) atoms. The van der Waals surface area contributed by atoms with Crippen LogP contribution in [0.5, 0.6) is 0 Å². The summed E-state index contributed by atoms with van der Waals surface area (Å²) in [6.07, 6.45) is 4.72. The Morgan fingerprint density at radius 2 is 2.15 bits per heavy atom. The van der Waals surface area contributed by atoms with E-state index in [1.54, 1.807) is 0 Å². The molecule has 116 valence electrons. The Balaban J connectivity index is 0.00000200. The highest BCUT2D eigenvalue weighted by Gasteiger charge is 2.21. The summed E-state index contributed by atoms with van der Waals surface area (Å²) < 4.78 is 1.96. The Morgan fingerprint density at radius 1 is 1.40 bits per heavy atom. The predicted octanol–water partition coefficient (Wildman–Crippen LogP) is 1.89. The monoisotopic (exact) mass is 301 g/mol. The van der Waals surface area contributed by atoms with E-state index in [-0.39, 0.29) is 17.9 Å². The number of nitrogens with zero attached hydrogens (tertiary/aromatic N) is 4. The molecule has 1 N–H and O–H groups in total. The summed E-state index contributed by atoms with van der Waals surface area (Å²) >= 11 is 0. The van der Waals surface area contributed by atoms with Crippen LogP contribution in [-0.4, -0.2) is 46.6 Å². The Labute approximate surface area is 128 Å². The summed E-state index contributed by atoms with van der Waals surface area (Å²) in [4.78, 5) is 2.50. The van der Waals surface area contributed by atoms with Gasteiger partial charge in [-0.05, 0) is 59.7 Å². The van der Waals surface area contributed by atoms with Crippen LogP contribution in [0.4, 0.5) is 0 Å². The van der Waals surface area contributed by atoms with Crippen molar-refractivity contribution in [2.45, 2.75) is 45.7 Å². The Kier molecular flexibility index (Phi) is 6.43.